The Morgan fingerprint density at radius 1 is 1.25 bits per heavy atom. The number of oxime groups is 1. The maximum atomic E-state index is 8.93. The highest BCUT2D eigenvalue weighted by atomic mass is 35.5. The fourth-order valence-electron chi connectivity index (χ4n) is 1.73. The monoisotopic (exact) mass is 286 g/mol. The molecule has 0 saturated heterocycles. The molecule has 0 atom stereocenters. The summed E-state index contributed by atoms with van der Waals surface area (Å²) in [6.07, 6.45) is 0. The largest absolute Gasteiger partial charge is 0.489 e. The van der Waals surface area contributed by atoms with E-state index in [0.29, 0.717) is 16.3 Å². The summed E-state index contributed by atoms with van der Waals surface area (Å²) in [6, 6.07) is 16.0. The van der Waals surface area contributed by atoms with Gasteiger partial charge in [-0.2, -0.15) is 5.26 Å². The Kier molecular flexibility index (Phi) is 4.59. The lowest BCUT2D eigenvalue weighted by atomic mass is 10.0. The van der Waals surface area contributed by atoms with Crippen molar-refractivity contribution in [3.05, 3.63) is 64.7 Å². The van der Waals surface area contributed by atoms with Gasteiger partial charge in [-0.05, 0) is 23.8 Å². The average Bonchev–Trinajstić information content (AvgIpc) is 2.48. The van der Waals surface area contributed by atoms with Gasteiger partial charge in [-0.25, -0.2) is 0 Å². The quantitative estimate of drug-likeness (QED) is 0.530. The average molecular weight is 287 g/mol. The van der Waals surface area contributed by atoms with E-state index in [1.807, 2.05) is 18.2 Å². The van der Waals surface area contributed by atoms with Crippen molar-refractivity contribution < 1.29 is 9.94 Å². The van der Waals surface area contributed by atoms with Crippen LogP contribution in [0.1, 0.15) is 11.1 Å². The SMILES string of the molecule is N#C/C(=N/O)c1ccccc1COc1cccc(Cl)c1. The molecule has 4 nitrogen and oxygen atoms in total. The molecule has 0 amide bonds. The lowest BCUT2D eigenvalue weighted by Gasteiger charge is -2.09. The third kappa shape index (κ3) is 3.28. The lowest BCUT2D eigenvalue weighted by molar-refractivity contribution is 0.305. The van der Waals surface area contributed by atoms with Crippen LogP contribution in [0, 0.1) is 11.3 Å². The van der Waals surface area contributed by atoms with Gasteiger partial charge in [-0.1, -0.05) is 47.1 Å². The molecule has 1 N–H and O–H groups in total. The molecule has 0 heterocycles. The van der Waals surface area contributed by atoms with Crippen molar-refractivity contribution in [1.29, 1.82) is 5.26 Å². The summed E-state index contributed by atoms with van der Waals surface area (Å²) in [7, 11) is 0. The summed E-state index contributed by atoms with van der Waals surface area (Å²) < 4.78 is 5.62. The first-order valence-corrected chi connectivity index (χ1v) is 6.21. The van der Waals surface area contributed by atoms with E-state index in [1.165, 1.54) is 0 Å². The molecule has 100 valence electrons. The molecule has 2 rings (SSSR count). The minimum absolute atomic E-state index is 0.0460. The number of hydrogen-bond acceptors (Lipinski definition) is 4. The summed E-state index contributed by atoms with van der Waals surface area (Å²) in [5.41, 5.74) is 1.25. The van der Waals surface area contributed by atoms with Crippen molar-refractivity contribution in [2.45, 2.75) is 6.61 Å². The molecule has 0 bridgehead atoms. The van der Waals surface area contributed by atoms with Gasteiger partial charge < -0.3 is 9.94 Å². The molecule has 0 spiro atoms. The molecule has 0 aromatic heterocycles. The number of hydrogen-bond donors (Lipinski definition) is 1. The van der Waals surface area contributed by atoms with Crippen LogP contribution in [0.5, 0.6) is 5.75 Å². The maximum absolute atomic E-state index is 8.93. The predicted molar refractivity (Wildman–Crippen MR) is 76.2 cm³/mol. The second-order valence-corrected chi connectivity index (χ2v) is 4.40. The second-order valence-electron chi connectivity index (χ2n) is 3.96. The van der Waals surface area contributed by atoms with Crippen molar-refractivity contribution in [3.63, 3.8) is 0 Å². The minimum atomic E-state index is -0.0460. The number of nitrogens with zero attached hydrogens (tertiary/aromatic N) is 2. The smallest absolute Gasteiger partial charge is 0.187 e. The molecule has 20 heavy (non-hydrogen) atoms. The summed E-state index contributed by atoms with van der Waals surface area (Å²) in [5, 5.41) is 21.3. The first-order chi connectivity index (χ1) is 9.74. The highest BCUT2D eigenvalue weighted by molar-refractivity contribution is 6.30. The fraction of sp³-hybridized carbons (Fsp3) is 0.0667. The van der Waals surface area contributed by atoms with E-state index in [0.717, 1.165) is 5.56 Å². The van der Waals surface area contributed by atoms with Gasteiger partial charge in [0, 0.05) is 10.6 Å². The second kappa shape index (κ2) is 6.60. The number of ether oxygens (including phenoxy) is 1. The Hall–Kier alpha value is -2.51. The maximum Gasteiger partial charge on any atom is 0.187 e. The van der Waals surface area contributed by atoms with Gasteiger partial charge in [0.25, 0.3) is 0 Å². The Balaban J connectivity index is 2.20. The molecule has 0 saturated carbocycles. The van der Waals surface area contributed by atoms with Crippen molar-refractivity contribution in [2.24, 2.45) is 5.16 Å². The Labute approximate surface area is 121 Å². The van der Waals surface area contributed by atoms with Crippen LogP contribution in [-0.2, 0) is 6.61 Å². The third-order valence-electron chi connectivity index (χ3n) is 2.67. The van der Waals surface area contributed by atoms with Crippen LogP contribution >= 0.6 is 11.6 Å². The molecule has 0 aliphatic rings. The minimum Gasteiger partial charge on any atom is -0.489 e. The molecular weight excluding hydrogens is 276 g/mol. The number of benzene rings is 2. The molecule has 0 fully saturated rings. The molecule has 0 aliphatic carbocycles. The van der Waals surface area contributed by atoms with Gasteiger partial charge >= 0.3 is 0 Å². The zero-order valence-corrected chi connectivity index (χ0v) is 11.2. The molecule has 0 aliphatic heterocycles. The van der Waals surface area contributed by atoms with Crippen LogP contribution < -0.4 is 4.74 Å². The normalized spacial score (nSPS) is 10.9. The highest BCUT2D eigenvalue weighted by Gasteiger charge is 2.09. The van der Waals surface area contributed by atoms with E-state index in [9.17, 15) is 0 Å². The van der Waals surface area contributed by atoms with E-state index in [4.69, 9.17) is 26.8 Å². The van der Waals surface area contributed by atoms with Crippen LogP contribution in [0.3, 0.4) is 0 Å². The first-order valence-electron chi connectivity index (χ1n) is 5.83. The Morgan fingerprint density at radius 2 is 2.05 bits per heavy atom. The van der Waals surface area contributed by atoms with Crippen molar-refractivity contribution in [2.75, 3.05) is 0 Å². The van der Waals surface area contributed by atoms with Gasteiger partial charge in [0.1, 0.15) is 18.4 Å². The molecule has 0 unspecified atom stereocenters. The van der Waals surface area contributed by atoms with Gasteiger partial charge in [0.05, 0.1) is 0 Å². The van der Waals surface area contributed by atoms with Gasteiger partial charge in [-0.3, -0.25) is 0 Å². The first kappa shape index (κ1) is 13.9. The van der Waals surface area contributed by atoms with E-state index in [1.54, 1.807) is 36.4 Å². The Bertz CT molecular complexity index is 678. The van der Waals surface area contributed by atoms with Crippen LogP contribution in [0.2, 0.25) is 5.02 Å². The van der Waals surface area contributed by atoms with E-state index in [2.05, 4.69) is 5.16 Å². The van der Waals surface area contributed by atoms with Crippen molar-refractivity contribution in [1.82, 2.24) is 0 Å². The van der Waals surface area contributed by atoms with Crippen molar-refractivity contribution >= 4 is 17.3 Å². The summed E-state index contributed by atoms with van der Waals surface area (Å²) >= 11 is 5.88. The topological polar surface area (TPSA) is 65.6 Å². The Morgan fingerprint density at radius 3 is 2.75 bits per heavy atom. The van der Waals surface area contributed by atoms with Gasteiger partial charge in [0.2, 0.25) is 0 Å². The van der Waals surface area contributed by atoms with Crippen LogP contribution in [-0.4, -0.2) is 10.9 Å². The summed E-state index contributed by atoms with van der Waals surface area (Å²) in [5.74, 6) is 0.631. The van der Waals surface area contributed by atoms with Crippen LogP contribution in [0.15, 0.2) is 53.7 Å². The van der Waals surface area contributed by atoms with Gasteiger partial charge in [0.15, 0.2) is 5.71 Å². The lowest BCUT2D eigenvalue weighted by Crippen LogP contribution is -2.05. The number of nitriles is 1. The zero-order chi connectivity index (χ0) is 14.4. The van der Waals surface area contributed by atoms with Gasteiger partial charge in [-0.15, -0.1) is 0 Å². The molecular formula is C15H11ClN2O2. The predicted octanol–water partition coefficient (Wildman–Crippen LogP) is 3.62. The van der Waals surface area contributed by atoms with Crippen LogP contribution in [0.4, 0.5) is 0 Å². The summed E-state index contributed by atoms with van der Waals surface area (Å²) in [6.45, 7) is 0.247. The standard InChI is InChI=1S/C15H11ClN2O2/c16-12-5-3-6-13(8-12)20-10-11-4-1-2-7-14(11)15(9-17)18-19/h1-8,19H,10H2/b18-15-. The number of halogens is 1. The number of rotatable bonds is 4. The molecule has 0 radical (unpaired) electrons. The third-order valence-corrected chi connectivity index (χ3v) is 2.90. The van der Waals surface area contributed by atoms with Crippen molar-refractivity contribution in [3.8, 4) is 11.8 Å². The van der Waals surface area contributed by atoms with Crippen LogP contribution in [0.25, 0.3) is 0 Å². The molecule has 5 heteroatoms. The van der Waals surface area contributed by atoms with E-state index >= 15 is 0 Å². The molecule has 2 aromatic rings. The van der Waals surface area contributed by atoms with E-state index < -0.39 is 0 Å². The highest BCUT2D eigenvalue weighted by Crippen LogP contribution is 2.19. The zero-order valence-electron chi connectivity index (χ0n) is 10.5. The summed E-state index contributed by atoms with van der Waals surface area (Å²) in [4.78, 5) is 0. The molecule has 2 aromatic carbocycles. The van der Waals surface area contributed by atoms with E-state index in [-0.39, 0.29) is 12.3 Å². The fourth-order valence-corrected chi connectivity index (χ4v) is 1.91.